The molecular weight excluding hydrogens is 504 g/mol. The number of sulfonamides is 1. The zero-order valence-corrected chi connectivity index (χ0v) is 24.2. The van der Waals surface area contributed by atoms with Crippen molar-refractivity contribution in [3.05, 3.63) is 47.7 Å². The highest BCUT2D eigenvalue weighted by Crippen LogP contribution is 2.34. The number of imidazole rings is 1. The number of anilines is 1. The Morgan fingerprint density at radius 3 is 2.47 bits per heavy atom. The first-order valence-corrected chi connectivity index (χ1v) is 14.1. The second-order valence-corrected chi connectivity index (χ2v) is 13.0. The summed E-state index contributed by atoms with van der Waals surface area (Å²) in [6, 6.07) is 7.28. The number of carbonyl (C=O) groups is 1. The van der Waals surface area contributed by atoms with Gasteiger partial charge in [0.15, 0.2) is 0 Å². The van der Waals surface area contributed by atoms with Crippen molar-refractivity contribution >= 4 is 21.8 Å². The van der Waals surface area contributed by atoms with Crippen LogP contribution in [0.3, 0.4) is 0 Å². The summed E-state index contributed by atoms with van der Waals surface area (Å²) >= 11 is 0. The summed E-state index contributed by atoms with van der Waals surface area (Å²) in [4.78, 5) is 29.1. The molecule has 0 saturated carbocycles. The lowest BCUT2D eigenvalue weighted by Crippen LogP contribution is -2.32. The van der Waals surface area contributed by atoms with Crippen molar-refractivity contribution in [1.82, 2.24) is 25.3 Å². The molecule has 0 aliphatic rings. The highest BCUT2D eigenvalue weighted by molar-refractivity contribution is 7.93. The smallest absolute Gasteiger partial charge is 0.407 e. The van der Waals surface area contributed by atoms with Gasteiger partial charge in [0.25, 0.3) is 0 Å². The van der Waals surface area contributed by atoms with Crippen molar-refractivity contribution in [1.29, 1.82) is 0 Å². The summed E-state index contributed by atoms with van der Waals surface area (Å²) in [5, 5.41) is 2.18. The van der Waals surface area contributed by atoms with Crippen molar-refractivity contribution < 1.29 is 17.9 Å². The van der Waals surface area contributed by atoms with Crippen molar-refractivity contribution in [3.63, 3.8) is 0 Å². The fourth-order valence-electron chi connectivity index (χ4n) is 3.72. The summed E-state index contributed by atoms with van der Waals surface area (Å²) in [5.41, 5.74) is 3.96. The molecule has 2 heterocycles. The fraction of sp³-hybridized carbons (Fsp3) is 0.481. The quantitative estimate of drug-likeness (QED) is 0.347. The van der Waals surface area contributed by atoms with E-state index in [1.54, 1.807) is 32.2 Å². The number of benzene rings is 1. The minimum atomic E-state index is -3.51. The Labute approximate surface area is 225 Å². The lowest BCUT2D eigenvalue weighted by atomic mass is 9.96. The molecule has 3 rings (SSSR count). The molecule has 1 amide bonds. The van der Waals surface area contributed by atoms with Gasteiger partial charge in [-0.2, -0.15) is 0 Å². The van der Waals surface area contributed by atoms with Gasteiger partial charge in [0.2, 0.25) is 10.0 Å². The van der Waals surface area contributed by atoms with E-state index in [0.717, 1.165) is 22.6 Å². The molecule has 38 heavy (non-hydrogen) atoms. The molecule has 2 aromatic heterocycles. The van der Waals surface area contributed by atoms with E-state index in [9.17, 15) is 13.2 Å². The molecule has 0 saturated heterocycles. The number of hydrogen-bond donors (Lipinski definition) is 3. The van der Waals surface area contributed by atoms with Gasteiger partial charge in [-0.15, -0.1) is 0 Å². The predicted octanol–water partition coefficient (Wildman–Crippen LogP) is 4.97. The predicted molar refractivity (Wildman–Crippen MR) is 149 cm³/mol. The van der Waals surface area contributed by atoms with Crippen LogP contribution in [0.4, 0.5) is 10.5 Å². The number of hydrogen-bond acceptors (Lipinski definition) is 7. The molecule has 1 atom stereocenters. The van der Waals surface area contributed by atoms with Gasteiger partial charge >= 0.3 is 6.09 Å². The average molecular weight is 543 g/mol. The number of carbonyl (C=O) groups excluding carboxylic acids is 1. The van der Waals surface area contributed by atoms with Crippen LogP contribution in [-0.4, -0.2) is 52.8 Å². The lowest BCUT2D eigenvalue weighted by Gasteiger charge is -2.14. The van der Waals surface area contributed by atoms with E-state index in [1.807, 2.05) is 26.0 Å². The van der Waals surface area contributed by atoms with Gasteiger partial charge in [0.05, 0.1) is 29.4 Å². The van der Waals surface area contributed by atoms with Gasteiger partial charge < -0.3 is 15.0 Å². The van der Waals surface area contributed by atoms with Crippen LogP contribution in [-0.2, 0) is 26.6 Å². The lowest BCUT2D eigenvalue weighted by molar-refractivity contribution is 0.167. The molecule has 206 valence electrons. The summed E-state index contributed by atoms with van der Waals surface area (Å²) in [7, 11) is -2.18. The van der Waals surface area contributed by atoms with Crippen LogP contribution < -0.4 is 10.0 Å². The number of nitrogens with one attached hydrogen (secondary N) is 3. The maximum absolute atomic E-state index is 12.5. The second kappa shape index (κ2) is 11.5. The molecule has 0 unspecified atom stereocenters. The van der Waals surface area contributed by atoms with E-state index >= 15 is 0 Å². The number of aromatic nitrogens is 4. The van der Waals surface area contributed by atoms with Crippen LogP contribution in [0.25, 0.3) is 22.6 Å². The number of nitrogens with zero attached hydrogens (tertiary/aromatic N) is 3. The number of rotatable bonds is 9. The third-order valence-electron chi connectivity index (χ3n) is 5.96. The van der Waals surface area contributed by atoms with Crippen LogP contribution in [0.1, 0.15) is 65.2 Å². The van der Waals surface area contributed by atoms with Gasteiger partial charge in [-0.1, -0.05) is 20.8 Å². The van der Waals surface area contributed by atoms with Crippen molar-refractivity contribution in [2.75, 3.05) is 11.8 Å². The van der Waals surface area contributed by atoms with Crippen LogP contribution in [0.15, 0.2) is 30.5 Å². The Morgan fingerprint density at radius 1 is 1.13 bits per heavy atom. The molecule has 0 fully saturated rings. The molecule has 0 aliphatic heterocycles. The Morgan fingerprint density at radius 2 is 1.84 bits per heavy atom. The third kappa shape index (κ3) is 7.31. The number of aryl methyl sites for hydroxylation is 2. The van der Waals surface area contributed by atoms with E-state index in [0.29, 0.717) is 35.7 Å². The molecule has 11 heteroatoms. The SMILES string of the molecule is COC(=O)N[C@@H](C)CCc1nccc(-c2[nH]c(C(C)(C)C)nc2-c2cc(C)cc(NS(=O)(=O)C(C)C)c2)n1. The number of amides is 1. The highest BCUT2D eigenvalue weighted by atomic mass is 32.2. The standard InChI is InChI=1S/C27H38N6O4S/c1-16(2)38(35,36)33-20-14-17(3)13-19(15-20)23-24(32-25(31-23)27(5,6)7)21-11-12-28-22(30-21)10-9-18(4)29-26(34)37-8/h11-16,18,33H,9-10H2,1-8H3,(H,29,34)(H,31,32)/t18-/m0/s1. The third-order valence-corrected chi connectivity index (χ3v) is 7.72. The molecule has 0 bridgehead atoms. The largest absolute Gasteiger partial charge is 0.453 e. The van der Waals surface area contributed by atoms with Gasteiger partial charge in [0, 0.05) is 35.3 Å². The van der Waals surface area contributed by atoms with Gasteiger partial charge in [0.1, 0.15) is 11.6 Å². The normalized spacial score (nSPS) is 12.9. The summed E-state index contributed by atoms with van der Waals surface area (Å²) in [5.74, 6) is 1.41. The molecule has 0 spiro atoms. The average Bonchev–Trinajstić information content (AvgIpc) is 3.28. The van der Waals surface area contributed by atoms with Gasteiger partial charge in [-0.25, -0.2) is 28.2 Å². The van der Waals surface area contributed by atoms with E-state index < -0.39 is 21.4 Å². The fourth-order valence-corrected chi connectivity index (χ4v) is 4.40. The Kier molecular flexibility index (Phi) is 8.81. The Bertz CT molecular complexity index is 1390. The monoisotopic (exact) mass is 542 g/mol. The van der Waals surface area contributed by atoms with Crippen molar-refractivity contribution in [2.24, 2.45) is 0 Å². The van der Waals surface area contributed by atoms with E-state index in [2.05, 4.69) is 45.5 Å². The first-order valence-electron chi connectivity index (χ1n) is 12.6. The number of H-pyrrole nitrogens is 1. The first kappa shape index (κ1) is 29.1. The van der Waals surface area contributed by atoms with Crippen LogP contribution in [0.5, 0.6) is 0 Å². The molecule has 10 nitrogen and oxygen atoms in total. The van der Waals surface area contributed by atoms with Crippen LogP contribution in [0, 0.1) is 6.92 Å². The zero-order valence-electron chi connectivity index (χ0n) is 23.3. The topological polar surface area (TPSA) is 139 Å². The first-order chi connectivity index (χ1) is 17.7. The molecular formula is C27H38N6O4S. The van der Waals surface area contributed by atoms with Gasteiger partial charge in [-0.05, 0) is 63.9 Å². The number of aromatic amines is 1. The summed E-state index contributed by atoms with van der Waals surface area (Å²) in [6.07, 6.45) is 2.42. The summed E-state index contributed by atoms with van der Waals surface area (Å²) in [6.45, 7) is 13.3. The number of alkyl carbamates (subject to hydrolysis) is 1. The molecule has 0 radical (unpaired) electrons. The minimum absolute atomic E-state index is 0.106. The maximum atomic E-state index is 12.5. The highest BCUT2D eigenvalue weighted by Gasteiger charge is 2.24. The molecule has 0 aliphatic carbocycles. The Hall–Kier alpha value is -3.47. The number of methoxy groups -OCH3 is 1. The molecule has 1 aromatic carbocycles. The Balaban J connectivity index is 2.02. The molecule has 3 aromatic rings. The second-order valence-electron chi connectivity index (χ2n) is 10.8. The van der Waals surface area contributed by atoms with Crippen LogP contribution in [0.2, 0.25) is 0 Å². The van der Waals surface area contributed by atoms with E-state index in [1.165, 1.54) is 7.11 Å². The van der Waals surface area contributed by atoms with Crippen LogP contribution >= 0.6 is 0 Å². The van der Waals surface area contributed by atoms with E-state index in [-0.39, 0.29) is 11.5 Å². The molecule has 3 N–H and O–H groups in total. The zero-order chi connectivity index (χ0) is 28.3. The van der Waals surface area contributed by atoms with E-state index in [4.69, 9.17) is 9.97 Å². The van der Waals surface area contributed by atoms with Gasteiger partial charge in [-0.3, -0.25) is 4.72 Å². The van der Waals surface area contributed by atoms with Crippen molar-refractivity contribution in [3.8, 4) is 22.6 Å². The summed E-state index contributed by atoms with van der Waals surface area (Å²) < 4.78 is 32.4. The number of ether oxygens (including phenoxy) is 1. The van der Waals surface area contributed by atoms with Crippen molar-refractivity contribution in [2.45, 2.75) is 78.0 Å². The minimum Gasteiger partial charge on any atom is -0.453 e. The maximum Gasteiger partial charge on any atom is 0.407 e.